The summed E-state index contributed by atoms with van der Waals surface area (Å²) in [6, 6.07) is 16.5. The molecule has 2 heterocycles. The van der Waals surface area contributed by atoms with Gasteiger partial charge in [-0.15, -0.1) is 0 Å². The Balaban J connectivity index is 1.75. The average molecular weight is 265 g/mol. The van der Waals surface area contributed by atoms with Gasteiger partial charge >= 0.3 is 0 Å². The Labute approximate surface area is 120 Å². The Bertz CT molecular complexity index is 572. The molecule has 3 heteroatoms. The molecule has 2 aromatic rings. The second-order valence-electron chi connectivity index (χ2n) is 4.90. The van der Waals surface area contributed by atoms with Crippen molar-refractivity contribution in [3.05, 3.63) is 59.8 Å². The molecule has 102 valence electrons. The number of nitrogens with one attached hydrogen (secondary N) is 1. The lowest BCUT2D eigenvalue weighted by molar-refractivity contribution is 0.585. The minimum absolute atomic E-state index is 1.00. The van der Waals surface area contributed by atoms with Gasteiger partial charge in [0.2, 0.25) is 0 Å². The van der Waals surface area contributed by atoms with Gasteiger partial charge < -0.3 is 10.2 Å². The Kier molecular flexibility index (Phi) is 4.09. The van der Waals surface area contributed by atoms with E-state index in [0.29, 0.717) is 0 Å². The molecular formula is C17H19N3. The van der Waals surface area contributed by atoms with Crippen molar-refractivity contribution in [1.29, 1.82) is 0 Å². The molecule has 0 unspecified atom stereocenters. The number of hydrogen-bond acceptors (Lipinski definition) is 3. The molecule has 1 aliphatic rings. The van der Waals surface area contributed by atoms with Gasteiger partial charge in [-0.25, -0.2) is 4.98 Å². The molecule has 3 rings (SSSR count). The lowest BCUT2D eigenvalue weighted by Crippen LogP contribution is -2.43. The largest absolute Gasteiger partial charge is 0.354 e. The minimum Gasteiger partial charge on any atom is -0.354 e. The molecule has 0 aliphatic carbocycles. The van der Waals surface area contributed by atoms with Gasteiger partial charge in [0.1, 0.15) is 5.82 Å². The highest BCUT2D eigenvalue weighted by Crippen LogP contribution is 2.14. The van der Waals surface area contributed by atoms with Crippen molar-refractivity contribution in [1.82, 2.24) is 10.3 Å². The lowest BCUT2D eigenvalue weighted by Gasteiger charge is -2.28. The Morgan fingerprint density at radius 2 is 1.70 bits per heavy atom. The number of benzene rings is 1. The van der Waals surface area contributed by atoms with E-state index in [1.54, 1.807) is 0 Å². The van der Waals surface area contributed by atoms with Gasteiger partial charge in [-0.3, -0.25) is 0 Å². The maximum Gasteiger partial charge on any atom is 0.129 e. The summed E-state index contributed by atoms with van der Waals surface area (Å²) in [5, 5.41) is 3.36. The van der Waals surface area contributed by atoms with Crippen molar-refractivity contribution in [2.45, 2.75) is 0 Å². The topological polar surface area (TPSA) is 28.2 Å². The number of piperazine rings is 1. The fourth-order valence-corrected chi connectivity index (χ4v) is 2.35. The summed E-state index contributed by atoms with van der Waals surface area (Å²) in [7, 11) is 0. The third-order valence-corrected chi connectivity index (χ3v) is 3.44. The van der Waals surface area contributed by atoms with E-state index in [1.807, 2.05) is 24.3 Å². The van der Waals surface area contributed by atoms with Crippen molar-refractivity contribution in [2.24, 2.45) is 0 Å². The molecule has 0 saturated carbocycles. The van der Waals surface area contributed by atoms with Crippen LogP contribution in [0.2, 0.25) is 0 Å². The van der Waals surface area contributed by atoms with Crippen LogP contribution in [0.5, 0.6) is 0 Å². The van der Waals surface area contributed by atoms with Gasteiger partial charge in [-0.2, -0.15) is 0 Å². The quantitative estimate of drug-likeness (QED) is 0.924. The van der Waals surface area contributed by atoms with Gasteiger partial charge in [0, 0.05) is 26.2 Å². The van der Waals surface area contributed by atoms with Crippen molar-refractivity contribution in [3.63, 3.8) is 0 Å². The van der Waals surface area contributed by atoms with Crippen LogP contribution in [-0.2, 0) is 0 Å². The minimum atomic E-state index is 1.00. The fourth-order valence-electron chi connectivity index (χ4n) is 2.35. The van der Waals surface area contributed by atoms with Gasteiger partial charge in [0.25, 0.3) is 0 Å². The zero-order chi connectivity index (χ0) is 13.6. The van der Waals surface area contributed by atoms with Crippen LogP contribution in [0.4, 0.5) is 5.82 Å². The van der Waals surface area contributed by atoms with Gasteiger partial charge in [-0.1, -0.05) is 42.5 Å². The third-order valence-electron chi connectivity index (χ3n) is 3.44. The highest BCUT2D eigenvalue weighted by Gasteiger charge is 2.11. The van der Waals surface area contributed by atoms with Crippen LogP contribution in [0.3, 0.4) is 0 Å². The zero-order valence-corrected chi connectivity index (χ0v) is 11.5. The molecule has 1 saturated heterocycles. The number of aromatic nitrogens is 1. The Hall–Kier alpha value is -2.13. The number of anilines is 1. The fraction of sp³-hybridized carbons (Fsp3) is 0.235. The average Bonchev–Trinajstić information content (AvgIpc) is 2.55. The van der Waals surface area contributed by atoms with E-state index < -0.39 is 0 Å². The van der Waals surface area contributed by atoms with Crippen molar-refractivity contribution < 1.29 is 0 Å². The Morgan fingerprint density at radius 3 is 2.50 bits per heavy atom. The van der Waals surface area contributed by atoms with Crippen LogP contribution in [0, 0.1) is 0 Å². The molecule has 1 N–H and O–H groups in total. The summed E-state index contributed by atoms with van der Waals surface area (Å²) in [5.74, 6) is 1.07. The molecule has 0 amide bonds. The molecule has 0 spiro atoms. The number of rotatable bonds is 3. The van der Waals surface area contributed by atoms with Gasteiger partial charge in [-0.05, 0) is 23.8 Å². The standard InChI is InChI=1S/C17H19N3/c1-2-5-15(6-3-1)9-10-16-7-4-8-17(19-16)20-13-11-18-12-14-20/h1-10,18H,11-14H2/b10-9+. The first-order valence-electron chi connectivity index (χ1n) is 7.08. The van der Waals surface area contributed by atoms with Crippen LogP contribution in [0.1, 0.15) is 11.3 Å². The van der Waals surface area contributed by atoms with Crippen LogP contribution in [0.25, 0.3) is 12.2 Å². The maximum atomic E-state index is 4.72. The van der Waals surface area contributed by atoms with Crippen LogP contribution >= 0.6 is 0 Å². The summed E-state index contributed by atoms with van der Waals surface area (Å²) in [5.41, 5.74) is 2.20. The molecule has 1 aliphatic heterocycles. The molecule has 20 heavy (non-hydrogen) atoms. The highest BCUT2D eigenvalue weighted by atomic mass is 15.2. The zero-order valence-electron chi connectivity index (χ0n) is 11.5. The summed E-state index contributed by atoms with van der Waals surface area (Å²) >= 11 is 0. The number of nitrogens with zero attached hydrogens (tertiary/aromatic N) is 2. The second kappa shape index (κ2) is 6.35. The molecule has 1 aromatic carbocycles. The normalized spacial score (nSPS) is 15.7. The van der Waals surface area contributed by atoms with E-state index in [9.17, 15) is 0 Å². The van der Waals surface area contributed by atoms with Crippen molar-refractivity contribution in [3.8, 4) is 0 Å². The predicted octanol–water partition coefficient (Wildman–Crippen LogP) is 2.66. The van der Waals surface area contributed by atoms with Crippen LogP contribution in [0.15, 0.2) is 48.5 Å². The van der Waals surface area contributed by atoms with E-state index in [1.165, 1.54) is 5.56 Å². The molecule has 0 radical (unpaired) electrons. The molecule has 3 nitrogen and oxygen atoms in total. The first kappa shape index (κ1) is 12.9. The Morgan fingerprint density at radius 1 is 0.900 bits per heavy atom. The van der Waals surface area contributed by atoms with Crippen LogP contribution < -0.4 is 10.2 Å². The summed E-state index contributed by atoms with van der Waals surface area (Å²) < 4.78 is 0. The molecule has 0 atom stereocenters. The summed E-state index contributed by atoms with van der Waals surface area (Å²) in [4.78, 5) is 7.05. The number of pyridine rings is 1. The van der Waals surface area contributed by atoms with Gasteiger partial charge in [0.15, 0.2) is 0 Å². The smallest absolute Gasteiger partial charge is 0.129 e. The first-order valence-corrected chi connectivity index (χ1v) is 7.08. The van der Waals surface area contributed by atoms with Crippen molar-refractivity contribution >= 4 is 18.0 Å². The van der Waals surface area contributed by atoms with Crippen LogP contribution in [-0.4, -0.2) is 31.2 Å². The van der Waals surface area contributed by atoms with Gasteiger partial charge in [0.05, 0.1) is 5.69 Å². The van der Waals surface area contributed by atoms with E-state index in [-0.39, 0.29) is 0 Å². The highest BCUT2D eigenvalue weighted by molar-refractivity contribution is 5.68. The first-order chi connectivity index (χ1) is 9.92. The summed E-state index contributed by atoms with van der Waals surface area (Å²) in [6.45, 7) is 4.12. The van der Waals surface area contributed by atoms with E-state index in [2.05, 4.69) is 46.6 Å². The second-order valence-corrected chi connectivity index (χ2v) is 4.90. The maximum absolute atomic E-state index is 4.72. The monoisotopic (exact) mass is 265 g/mol. The summed E-state index contributed by atoms with van der Waals surface area (Å²) in [6.07, 6.45) is 4.17. The molecule has 1 aromatic heterocycles. The molecule has 0 bridgehead atoms. The van der Waals surface area contributed by atoms with Crippen molar-refractivity contribution in [2.75, 3.05) is 31.1 Å². The lowest BCUT2D eigenvalue weighted by atomic mass is 10.2. The van der Waals surface area contributed by atoms with E-state index in [4.69, 9.17) is 4.98 Å². The predicted molar refractivity (Wildman–Crippen MR) is 84.7 cm³/mol. The third kappa shape index (κ3) is 3.25. The van der Waals surface area contributed by atoms with E-state index in [0.717, 1.165) is 37.7 Å². The van der Waals surface area contributed by atoms with E-state index >= 15 is 0 Å². The molecule has 1 fully saturated rings. The number of hydrogen-bond donors (Lipinski definition) is 1. The molecular weight excluding hydrogens is 246 g/mol. The SMILES string of the molecule is C(=C\c1cccc(N2CCNCC2)n1)/c1ccccc1.